The van der Waals surface area contributed by atoms with Gasteiger partial charge in [-0.15, -0.1) is 0 Å². The third-order valence-corrected chi connectivity index (χ3v) is 4.86. The zero-order valence-corrected chi connectivity index (χ0v) is 17.3. The maximum atomic E-state index is 13.1. The minimum absolute atomic E-state index is 0.0145. The first-order chi connectivity index (χ1) is 12.8. The molecule has 0 aliphatic heterocycles. The summed E-state index contributed by atoms with van der Waals surface area (Å²) >= 11 is 1.27. The van der Waals surface area contributed by atoms with Crippen molar-refractivity contribution in [1.82, 2.24) is 14.9 Å². The van der Waals surface area contributed by atoms with E-state index in [9.17, 15) is 9.59 Å². The fourth-order valence-corrected chi connectivity index (χ4v) is 3.69. The molecule has 1 unspecified atom stereocenters. The standard InChI is InChI=1S/C20H27N3O3S/c1-13(2)11-23(12-16-7-6-8-17(10-16)26-5)19(25)15(4)27-20-21-14(3)9-18(24)22-20/h6-10,13,15H,11-12H2,1-5H3,(H,21,22,24). The number of amides is 1. The van der Waals surface area contributed by atoms with Gasteiger partial charge in [0.05, 0.1) is 12.4 Å². The average molecular weight is 390 g/mol. The van der Waals surface area contributed by atoms with E-state index in [-0.39, 0.29) is 16.7 Å². The van der Waals surface area contributed by atoms with Gasteiger partial charge in [-0.2, -0.15) is 0 Å². The van der Waals surface area contributed by atoms with Gasteiger partial charge in [0.25, 0.3) is 5.56 Å². The summed E-state index contributed by atoms with van der Waals surface area (Å²) in [5.41, 5.74) is 1.44. The molecule has 1 N–H and O–H groups in total. The summed E-state index contributed by atoms with van der Waals surface area (Å²) in [5, 5.41) is 0.103. The third kappa shape index (κ3) is 6.43. The highest BCUT2D eigenvalue weighted by Gasteiger charge is 2.23. The van der Waals surface area contributed by atoms with Crippen LogP contribution in [0.5, 0.6) is 5.75 Å². The van der Waals surface area contributed by atoms with Crippen molar-refractivity contribution < 1.29 is 9.53 Å². The molecule has 1 amide bonds. The second-order valence-electron chi connectivity index (χ2n) is 6.92. The van der Waals surface area contributed by atoms with Crippen LogP contribution >= 0.6 is 11.8 Å². The van der Waals surface area contributed by atoms with Crippen LogP contribution in [0.15, 0.2) is 40.3 Å². The summed E-state index contributed by atoms with van der Waals surface area (Å²) in [6.45, 7) is 8.94. The lowest BCUT2D eigenvalue weighted by molar-refractivity contribution is -0.131. The maximum Gasteiger partial charge on any atom is 0.251 e. The summed E-state index contributed by atoms with van der Waals surface area (Å²) < 4.78 is 5.28. The van der Waals surface area contributed by atoms with Gasteiger partial charge in [0.1, 0.15) is 5.75 Å². The van der Waals surface area contributed by atoms with Crippen molar-refractivity contribution in [3.63, 3.8) is 0 Å². The number of carbonyl (C=O) groups excluding carboxylic acids is 1. The largest absolute Gasteiger partial charge is 0.497 e. The summed E-state index contributed by atoms with van der Waals surface area (Å²) in [5.74, 6) is 1.13. The smallest absolute Gasteiger partial charge is 0.251 e. The molecule has 1 aromatic heterocycles. The average Bonchev–Trinajstić information content (AvgIpc) is 2.59. The molecule has 146 valence electrons. The molecule has 1 aromatic carbocycles. The van der Waals surface area contributed by atoms with Crippen LogP contribution in [0.1, 0.15) is 32.0 Å². The molecule has 0 fully saturated rings. The van der Waals surface area contributed by atoms with Crippen molar-refractivity contribution in [2.75, 3.05) is 13.7 Å². The van der Waals surface area contributed by atoms with Gasteiger partial charge >= 0.3 is 0 Å². The Morgan fingerprint density at radius 3 is 2.67 bits per heavy atom. The first-order valence-electron chi connectivity index (χ1n) is 8.94. The van der Waals surface area contributed by atoms with Gasteiger partial charge in [0.2, 0.25) is 5.91 Å². The summed E-state index contributed by atoms with van der Waals surface area (Å²) in [6.07, 6.45) is 0. The lowest BCUT2D eigenvalue weighted by atomic mass is 10.1. The van der Waals surface area contributed by atoms with Crippen LogP contribution in [0.3, 0.4) is 0 Å². The second-order valence-corrected chi connectivity index (χ2v) is 8.25. The highest BCUT2D eigenvalue weighted by Crippen LogP contribution is 2.22. The lowest BCUT2D eigenvalue weighted by Gasteiger charge is -2.27. The Morgan fingerprint density at radius 2 is 2.04 bits per heavy atom. The van der Waals surface area contributed by atoms with E-state index in [0.29, 0.717) is 29.9 Å². The van der Waals surface area contributed by atoms with Crippen LogP contribution in [-0.2, 0) is 11.3 Å². The first kappa shape index (κ1) is 21.0. The van der Waals surface area contributed by atoms with Crippen molar-refractivity contribution in [1.29, 1.82) is 0 Å². The molecule has 7 heteroatoms. The zero-order chi connectivity index (χ0) is 20.0. The number of aromatic nitrogens is 2. The van der Waals surface area contributed by atoms with E-state index in [0.717, 1.165) is 11.3 Å². The van der Waals surface area contributed by atoms with Gasteiger partial charge in [-0.3, -0.25) is 9.59 Å². The van der Waals surface area contributed by atoms with Gasteiger partial charge in [-0.05, 0) is 37.5 Å². The molecule has 1 atom stereocenters. The van der Waals surface area contributed by atoms with Crippen molar-refractivity contribution in [3.8, 4) is 5.75 Å². The number of nitrogens with zero attached hydrogens (tertiary/aromatic N) is 2. The van der Waals surface area contributed by atoms with Crippen LogP contribution in [0, 0.1) is 12.8 Å². The fourth-order valence-electron chi connectivity index (χ4n) is 2.75. The quantitative estimate of drug-likeness (QED) is 0.554. The molecule has 2 aromatic rings. The van der Waals surface area contributed by atoms with Crippen LogP contribution in [-0.4, -0.2) is 39.7 Å². The molecule has 27 heavy (non-hydrogen) atoms. The van der Waals surface area contributed by atoms with E-state index >= 15 is 0 Å². The molecule has 2 rings (SSSR count). The molecule has 1 heterocycles. The number of hydrogen-bond donors (Lipinski definition) is 1. The van der Waals surface area contributed by atoms with Gasteiger partial charge in [0, 0.05) is 24.8 Å². The van der Waals surface area contributed by atoms with E-state index < -0.39 is 0 Å². The Morgan fingerprint density at radius 1 is 1.30 bits per heavy atom. The van der Waals surface area contributed by atoms with Crippen LogP contribution in [0.2, 0.25) is 0 Å². The first-order valence-corrected chi connectivity index (χ1v) is 9.82. The van der Waals surface area contributed by atoms with Crippen LogP contribution in [0.4, 0.5) is 0 Å². The number of methoxy groups -OCH3 is 1. The molecule has 0 spiro atoms. The number of ether oxygens (including phenoxy) is 1. The molecule has 0 aliphatic carbocycles. The summed E-state index contributed by atoms with van der Waals surface area (Å²) in [7, 11) is 1.63. The van der Waals surface area contributed by atoms with Gasteiger partial charge in [-0.25, -0.2) is 4.98 Å². The number of nitrogens with one attached hydrogen (secondary N) is 1. The number of carbonyl (C=O) groups is 1. The lowest BCUT2D eigenvalue weighted by Crippen LogP contribution is -2.38. The molecule has 0 saturated carbocycles. The number of aromatic amines is 1. The zero-order valence-electron chi connectivity index (χ0n) is 16.5. The molecule has 0 saturated heterocycles. The third-order valence-electron chi connectivity index (χ3n) is 3.89. The minimum Gasteiger partial charge on any atom is -0.497 e. The molecular weight excluding hydrogens is 362 g/mol. The van der Waals surface area contributed by atoms with Gasteiger partial charge in [0.15, 0.2) is 5.16 Å². The highest BCUT2D eigenvalue weighted by atomic mass is 32.2. The topological polar surface area (TPSA) is 75.3 Å². The molecule has 0 aliphatic rings. The Kier molecular flexibility index (Phi) is 7.47. The van der Waals surface area contributed by atoms with Crippen molar-refractivity contribution in [3.05, 3.63) is 51.9 Å². The van der Waals surface area contributed by atoms with Gasteiger partial charge in [-0.1, -0.05) is 37.7 Å². The van der Waals surface area contributed by atoms with Crippen LogP contribution < -0.4 is 10.3 Å². The van der Waals surface area contributed by atoms with Crippen LogP contribution in [0.25, 0.3) is 0 Å². The highest BCUT2D eigenvalue weighted by molar-refractivity contribution is 8.00. The number of H-pyrrole nitrogens is 1. The summed E-state index contributed by atoms with van der Waals surface area (Å²) in [6, 6.07) is 9.17. The van der Waals surface area contributed by atoms with E-state index in [1.807, 2.05) is 36.1 Å². The van der Waals surface area contributed by atoms with E-state index in [1.165, 1.54) is 17.8 Å². The Bertz CT molecular complexity index is 835. The Hall–Kier alpha value is -2.28. The predicted octanol–water partition coefficient (Wildman–Crippen LogP) is 3.25. The molecule has 0 bridgehead atoms. The molecular formula is C20H27N3O3S. The number of hydrogen-bond acceptors (Lipinski definition) is 5. The van der Waals surface area contributed by atoms with E-state index in [1.54, 1.807) is 14.0 Å². The SMILES string of the molecule is COc1cccc(CN(CC(C)C)C(=O)C(C)Sc2nc(C)cc(=O)[nH]2)c1. The second kappa shape index (κ2) is 9.60. The van der Waals surface area contributed by atoms with Gasteiger partial charge < -0.3 is 14.6 Å². The number of aryl methyl sites for hydroxylation is 1. The number of rotatable bonds is 8. The van der Waals surface area contributed by atoms with Crippen molar-refractivity contribution in [2.45, 2.75) is 44.6 Å². The van der Waals surface area contributed by atoms with E-state index in [4.69, 9.17) is 4.74 Å². The van der Waals surface area contributed by atoms with Crippen molar-refractivity contribution >= 4 is 17.7 Å². The van der Waals surface area contributed by atoms with Crippen molar-refractivity contribution in [2.24, 2.45) is 5.92 Å². The minimum atomic E-state index is -0.362. The molecule has 6 nitrogen and oxygen atoms in total. The number of thioether (sulfide) groups is 1. The monoisotopic (exact) mass is 389 g/mol. The maximum absolute atomic E-state index is 13.1. The number of benzene rings is 1. The normalized spacial score (nSPS) is 12.1. The Balaban J connectivity index is 2.15. The Labute approximate surface area is 164 Å². The van der Waals surface area contributed by atoms with E-state index in [2.05, 4.69) is 23.8 Å². The summed E-state index contributed by atoms with van der Waals surface area (Å²) in [4.78, 5) is 33.5. The molecule has 0 radical (unpaired) electrons. The fraction of sp³-hybridized carbons (Fsp3) is 0.450. The predicted molar refractivity (Wildman–Crippen MR) is 108 cm³/mol.